The van der Waals surface area contributed by atoms with E-state index in [0.717, 1.165) is 6.42 Å². The highest BCUT2D eigenvalue weighted by Gasteiger charge is 2.34. The fraction of sp³-hybridized carbons (Fsp3) is 0.250. The standard InChI is InChI=1S/C32H30N2O7S/c1-5-9-24-27(31(37)40-6-2)28(20-11-8-13-22(17-20)38-3)34-29(35)26(42-32(34)33-24)18-23-14-15-25(41-23)19-10-7-12-21(16-19)30(36)39-4/h7-8,10-18,28H,5-6,9H2,1-4H3/b26-18-. The number of hydrogen-bond acceptors (Lipinski definition) is 9. The van der Waals surface area contributed by atoms with Crippen molar-refractivity contribution in [2.24, 2.45) is 4.99 Å². The van der Waals surface area contributed by atoms with Crippen LogP contribution < -0.4 is 19.6 Å². The average Bonchev–Trinajstić information content (AvgIpc) is 3.60. The first-order valence-electron chi connectivity index (χ1n) is 13.5. The largest absolute Gasteiger partial charge is 0.497 e. The molecule has 1 aliphatic rings. The SMILES string of the molecule is CCCC1=C(C(=O)OCC)C(c2cccc(OC)c2)n2c(s/c(=C\c3ccc(-c4cccc(C(=O)OC)c4)o3)c2=O)=N1. The molecule has 2 aromatic heterocycles. The molecular weight excluding hydrogens is 556 g/mol. The quantitative estimate of drug-likeness (QED) is 0.263. The molecule has 0 saturated carbocycles. The minimum atomic E-state index is -0.743. The van der Waals surface area contributed by atoms with Crippen molar-refractivity contribution in [2.45, 2.75) is 32.7 Å². The molecule has 0 bridgehead atoms. The lowest BCUT2D eigenvalue weighted by atomic mass is 9.94. The number of hydrogen-bond donors (Lipinski definition) is 0. The number of rotatable bonds is 9. The first-order chi connectivity index (χ1) is 20.4. The maximum Gasteiger partial charge on any atom is 0.338 e. The molecule has 0 amide bonds. The van der Waals surface area contributed by atoms with Gasteiger partial charge in [-0.3, -0.25) is 9.36 Å². The lowest BCUT2D eigenvalue weighted by Gasteiger charge is -2.26. The summed E-state index contributed by atoms with van der Waals surface area (Å²) < 4.78 is 23.7. The van der Waals surface area contributed by atoms with Crippen LogP contribution in [0.3, 0.4) is 0 Å². The molecule has 10 heteroatoms. The number of esters is 2. The molecular formula is C32H30N2O7S. The van der Waals surface area contributed by atoms with Gasteiger partial charge in [0.1, 0.15) is 17.3 Å². The van der Waals surface area contributed by atoms with Gasteiger partial charge in [-0.2, -0.15) is 0 Å². The van der Waals surface area contributed by atoms with Crippen LogP contribution in [0.15, 0.2) is 86.1 Å². The molecule has 0 N–H and O–H groups in total. The van der Waals surface area contributed by atoms with E-state index in [9.17, 15) is 14.4 Å². The summed E-state index contributed by atoms with van der Waals surface area (Å²) in [6.45, 7) is 3.95. The van der Waals surface area contributed by atoms with Crippen LogP contribution in [-0.2, 0) is 14.3 Å². The van der Waals surface area contributed by atoms with Crippen LogP contribution in [0.25, 0.3) is 17.4 Å². The van der Waals surface area contributed by atoms with E-state index in [-0.39, 0.29) is 12.2 Å². The van der Waals surface area contributed by atoms with Gasteiger partial charge in [-0.05, 0) is 55.3 Å². The summed E-state index contributed by atoms with van der Waals surface area (Å²) in [5.41, 5.74) is 2.44. The van der Waals surface area contributed by atoms with Gasteiger partial charge in [-0.15, -0.1) is 0 Å². The molecule has 1 atom stereocenters. The van der Waals surface area contributed by atoms with E-state index in [2.05, 4.69) is 0 Å². The van der Waals surface area contributed by atoms with Gasteiger partial charge in [0.15, 0.2) is 4.80 Å². The summed E-state index contributed by atoms with van der Waals surface area (Å²) in [6, 6.07) is 17.0. The maximum absolute atomic E-state index is 14.0. The molecule has 0 radical (unpaired) electrons. The van der Waals surface area contributed by atoms with Crippen molar-refractivity contribution in [2.75, 3.05) is 20.8 Å². The smallest absolute Gasteiger partial charge is 0.338 e. The lowest BCUT2D eigenvalue weighted by molar-refractivity contribution is -0.139. The van der Waals surface area contributed by atoms with E-state index in [4.69, 9.17) is 23.6 Å². The van der Waals surface area contributed by atoms with Gasteiger partial charge in [0, 0.05) is 11.6 Å². The van der Waals surface area contributed by atoms with E-state index in [1.165, 1.54) is 18.4 Å². The average molecular weight is 587 g/mol. The Balaban J connectivity index is 1.64. The predicted octanol–water partition coefficient (Wildman–Crippen LogP) is 4.63. The lowest BCUT2D eigenvalue weighted by Crippen LogP contribution is -2.40. The van der Waals surface area contributed by atoms with E-state index < -0.39 is 18.0 Å². The zero-order valence-corrected chi connectivity index (χ0v) is 24.5. The van der Waals surface area contributed by atoms with E-state index >= 15 is 0 Å². The van der Waals surface area contributed by atoms with E-state index in [1.807, 2.05) is 37.3 Å². The zero-order chi connectivity index (χ0) is 29.8. The Morgan fingerprint density at radius 3 is 2.60 bits per heavy atom. The van der Waals surface area contributed by atoms with E-state index in [0.29, 0.717) is 61.0 Å². The number of benzene rings is 2. The number of allylic oxidation sites excluding steroid dienone is 1. The highest BCUT2D eigenvalue weighted by molar-refractivity contribution is 7.07. The summed E-state index contributed by atoms with van der Waals surface area (Å²) >= 11 is 1.23. The normalized spacial score (nSPS) is 14.8. The summed E-state index contributed by atoms with van der Waals surface area (Å²) in [4.78, 5) is 44.5. The molecule has 0 saturated heterocycles. The Hall–Kier alpha value is -4.70. The molecule has 5 rings (SSSR count). The Morgan fingerprint density at radius 1 is 1.05 bits per heavy atom. The van der Waals surface area contributed by atoms with Gasteiger partial charge in [-0.25, -0.2) is 14.6 Å². The van der Waals surface area contributed by atoms with Gasteiger partial charge < -0.3 is 18.6 Å². The van der Waals surface area contributed by atoms with Gasteiger partial charge in [0.25, 0.3) is 5.56 Å². The minimum absolute atomic E-state index is 0.195. The predicted molar refractivity (Wildman–Crippen MR) is 158 cm³/mol. The zero-order valence-electron chi connectivity index (χ0n) is 23.7. The maximum atomic E-state index is 14.0. The van der Waals surface area contributed by atoms with Crippen molar-refractivity contribution < 1.29 is 28.2 Å². The Kier molecular flexibility index (Phi) is 8.53. The summed E-state index contributed by atoms with van der Waals surface area (Å²) in [6.07, 6.45) is 2.97. The van der Waals surface area contributed by atoms with Crippen LogP contribution in [0.4, 0.5) is 0 Å². The van der Waals surface area contributed by atoms with Gasteiger partial charge >= 0.3 is 11.9 Å². The second-order valence-corrected chi connectivity index (χ2v) is 10.5. The fourth-order valence-corrected chi connectivity index (χ4v) is 5.88. The number of carbonyl (C=O) groups excluding carboxylic acids is 2. The van der Waals surface area contributed by atoms with Gasteiger partial charge in [-0.1, -0.05) is 48.9 Å². The number of aromatic nitrogens is 1. The van der Waals surface area contributed by atoms with Gasteiger partial charge in [0.2, 0.25) is 0 Å². The van der Waals surface area contributed by atoms with Crippen LogP contribution in [-0.4, -0.2) is 37.3 Å². The molecule has 0 aliphatic carbocycles. The first kappa shape index (κ1) is 28.8. The third-order valence-corrected chi connectivity index (χ3v) is 7.75. The van der Waals surface area contributed by atoms with Crippen molar-refractivity contribution in [3.63, 3.8) is 0 Å². The Bertz CT molecular complexity index is 1860. The van der Waals surface area contributed by atoms with Crippen LogP contribution in [0.2, 0.25) is 0 Å². The van der Waals surface area contributed by atoms with Gasteiger partial charge in [0.05, 0.1) is 48.2 Å². The second kappa shape index (κ2) is 12.4. The molecule has 0 fully saturated rings. The monoisotopic (exact) mass is 586 g/mol. The van der Waals surface area contributed by atoms with Crippen molar-refractivity contribution in [1.29, 1.82) is 0 Å². The summed E-state index contributed by atoms with van der Waals surface area (Å²) in [5, 5.41) is 0. The fourth-order valence-electron chi connectivity index (χ4n) is 4.88. The molecule has 42 heavy (non-hydrogen) atoms. The Morgan fingerprint density at radius 2 is 1.86 bits per heavy atom. The number of methoxy groups -OCH3 is 2. The number of thiazole rings is 1. The van der Waals surface area contributed by atoms with Crippen molar-refractivity contribution in [1.82, 2.24) is 4.57 Å². The van der Waals surface area contributed by atoms with Crippen molar-refractivity contribution in [3.05, 3.63) is 109 Å². The molecule has 9 nitrogen and oxygen atoms in total. The first-order valence-corrected chi connectivity index (χ1v) is 14.3. The minimum Gasteiger partial charge on any atom is -0.497 e. The molecule has 3 heterocycles. The molecule has 4 aromatic rings. The van der Waals surface area contributed by atoms with Crippen LogP contribution in [0.1, 0.15) is 54.4 Å². The van der Waals surface area contributed by atoms with Crippen LogP contribution in [0, 0.1) is 0 Å². The molecule has 216 valence electrons. The molecule has 0 spiro atoms. The molecule has 2 aromatic carbocycles. The highest BCUT2D eigenvalue weighted by Crippen LogP contribution is 2.34. The number of furan rings is 1. The summed E-state index contributed by atoms with van der Waals surface area (Å²) in [5.74, 6) is 0.641. The highest BCUT2D eigenvalue weighted by atomic mass is 32.1. The molecule has 1 unspecified atom stereocenters. The van der Waals surface area contributed by atoms with Crippen molar-refractivity contribution >= 4 is 29.4 Å². The third-order valence-electron chi connectivity index (χ3n) is 6.77. The summed E-state index contributed by atoms with van der Waals surface area (Å²) in [7, 11) is 2.90. The number of fused-ring (bicyclic) bond motifs is 1. The van der Waals surface area contributed by atoms with Crippen LogP contribution >= 0.6 is 11.3 Å². The third kappa shape index (κ3) is 5.58. The van der Waals surface area contributed by atoms with Crippen LogP contribution in [0.5, 0.6) is 5.75 Å². The number of carbonyl (C=O) groups is 2. The topological polar surface area (TPSA) is 109 Å². The second-order valence-electron chi connectivity index (χ2n) is 9.46. The number of nitrogens with zero attached hydrogens (tertiary/aromatic N) is 2. The number of ether oxygens (including phenoxy) is 3. The Labute approximate surface area is 246 Å². The van der Waals surface area contributed by atoms with Crippen molar-refractivity contribution in [3.8, 4) is 17.1 Å². The molecule has 1 aliphatic heterocycles. The van der Waals surface area contributed by atoms with E-state index in [1.54, 1.807) is 55.0 Å².